The van der Waals surface area contributed by atoms with Crippen LogP contribution in [0, 0.1) is 11.7 Å². The molecule has 0 aliphatic heterocycles. The lowest BCUT2D eigenvalue weighted by Gasteiger charge is -2.18. The Morgan fingerprint density at radius 1 is 1.35 bits per heavy atom. The molecule has 1 rings (SSSR count). The lowest BCUT2D eigenvalue weighted by Crippen LogP contribution is -2.31. The molecule has 96 valence electrons. The number of benzene rings is 1. The van der Waals surface area contributed by atoms with Crippen molar-refractivity contribution in [3.8, 4) is 0 Å². The molecule has 17 heavy (non-hydrogen) atoms. The number of hydrogen-bond donors (Lipinski definition) is 1. The van der Waals surface area contributed by atoms with Gasteiger partial charge in [-0.05, 0) is 30.0 Å². The summed E-state index contributed by atoms with van der Waals surface area (Å²) in [5.41, 5.74) is 0.968. The first-order valence-electron chi connectivity index (χ1n) is 5.76. The van der Waals surface area contributed by atoms with Gasteiger partial charge in [-0.1, -0.05) is 31.5 Å². The van der Waals surface area contributed by atoms with Crippen molar-refractivity contribution >= 4 is 23.2 Å². The van der Waals surface area contributed by atoms with Crippen molar-refractivity contribution in [3.63, 3.8) is 0 Å². The van der Waals surface area contributed by atoms with Crippen LogP contribution in [-0.4, -0.2) is 11.9 Å². The SMILES string of the molecule is CC(C)CC(CCl)NCc1ccc(F)c(Cl)c1. The molecule has 1 nitrogen and oxygen atoms in total. The molecule has 0 bridgehead atoms. The molecule has 0 saturated carbocycles. The normalized spacial score (nSPS) is 13.1. The number of nitrogens with one attached hydrogen (secondary N) is 1. The minimum Gasteiger partial charge on any atom is -0.309 e. The highest BCUT2D eigenvalue weighted by atomic mass is 35.5. The average molecular weight is 278 g/mol. The summed E-state index contributed by atoms with van der Waals surface area (Å²) in [4.78, 5) is 0. The Balaban J connectivity index is 2.50. The first-order chi connectivity index (χ1) is 8.02. The summed E-state index contributed by atoms with van der Waals surface area (Å²) in [6.07, 6.45) is 1.03. The summed E-state index contributed by atoms with van der Waals surface area (Å²) in [6, 6.07) is 5.04. The molecule has 0 aliphatic carbocycles. The second-order valence-electron chi connectivity index (χ2n) is 4.61. The van der Waals surface area contributed by atoms with Crippen LogP contribution in [0.3, 0.4) is 0 Å². The quantitative estimate of drug-likeness (QED) is 0.768. The summed E-state index contributed by atoms with van der Waals surface area (Å²) in [5, 5.41) is 3.51. The molecule has 1 aromatic carbocycles. The summed E-state index contributed by atoms with van der Waals surface area (Å²) in [7, 11) is 0. The van der Waals surface area contributed by atoms with Gasteiger partial charge in [0.15, 0.2) is 0 Å². The van der Waals surface area contributed by atoms with Gasteiger partial charge >= 0.3 is 0 Å². The van der Waals surface area contributed by atoms with Gasteiger partial charge in [-0.15, -0.1) is 11.6 Å². The summed E-state index contributed by atoms with van der Waals surface area (Å²) in [6.45, 7) is 4.98. The lowest BCUT2D eigenvalue weighted by atomic mass is 10.0. The maximum atomic E-state index is 13.0. The van der Waals surface area contributed by atoms with Gasteiger partial charge in [0, 0.05) is 18.5 Å². The van der Waals surface area contributed by atoms with Gasteiger partial charge in [-0.3, -0.25) is 0 Å². The molecule has 0 aliphatic rings. The van der Waals surface area contributed by atoms with E-state index >= 15 is 0 Å². The van der Waals surface area contributed by atoms with Crippen molar-refractivity contribution in [2.75, 3.05) is 5.88 Å². The molecule has 0 aromatic heterocycles. The Morgan fingerprint density at radius 2 is 2.06 bits per heavy atom. The Bertz CT molecular complexity index is 355. The third-order valence-electron chi connectivity index (χ3n) is 2.52. The zero-order chi connectivity index (χ0) is 12.8. The Morgan fingerprint density at radius 3 is 2.59 bits per heavy atom. The van der Waals surface area contributed by atoms with Crippen molar-refractivity contribution in [2.45, 2.75) is 32.9 Å². The van der Waals surface area contributed by atoms with Crippen LogP contribution in [0.1, 0.15) is 25.8 Å². The second kappa shape index (κ2) is 7.20. The van der Waals surface area contributed by atoms with E-state index in [1.807, 2.05) is 0 Å². The fourth-order valence-corrected chi connectivity index (χ4v) is 2.12. The van der Waals surface area contributed by atoms with Crippen molar-refractivity contribution < 1.29 is 4.39 Å². The molecule has 1 N–H and O–H groups in total. The smallest absolute Gasteiger partial charge is 0.141 e. The minimum absolute atomic E-state index is 0.163. The fraction of sp³-hybridized carbons (Fsp3) is 0.538. The van der Waals surface area contributed by atoms with Crippen LogP contribution in [0.15, 0.2) is 18.2 Å². The number of alkyl halides is 1. The van der Waals surface area contributed by atoms with E-state index in [4.69, 9.17) is 23.2 Å². The van der Waals surface area contributed by atoms with Crippen LogP contribution in [0.5, 0.6) is 0 Å². The molecule has 0 radical (unpaired) electrons. The maximum Gasteiger partial charge on any atom is 0.141 e. The molecule has 1 unspecified atom stereocenters. The zero-order valence-electron chi connectivity index (χ0n) is 10.1. The van der Waals surface area contributed by atoms with Crippen LogP contribution < -0.4 is 5.32 Å². The highest BCUT2D eigenvalue weighted by Gasteiger charge is 2.09. The first-order valence-corrected chi connectivity index (χ1v) is 6.67. The number of rotatable bonds is 6. The molecule has 0 heterocycles. The van der Waals surface area contributed by atoms with Crippen LogP contribution >= 0.6 is 23.2 Å². The molecule has 0 fully saturated rings. The van der Waals surface area contributed by atoms with E-state index in [-0.39, 0.29) is 16.9 Å². The van der Waals surface area contributed by atoms with Crippen LogP contribution in [0.4, 0.5) is 4.39 Å². The van der Waals surface area contributed by atoms with Crippen molar-refractivity contribution in [1.82, 2.24) is 5.32 Å². The van der Waals surface area contributed by atoms with Crippen LogP contribution in [0.25, 0.3) is 0 Å². The fourth-order valence-electron chi connectivity index (χ4n) is 1.68. The van der Waals surface area contributed by atoms with Gasteiger partial charge in [0.25, 0.3) is 0 Å². The Kier molecular flexibility index (Phi) is 6.24. The number of hydrogen-bond acceptors (Lipinski definition) is 1. The highest BCUT2D eigenvalue weighted by molar-refractivity contribution is 6.30. The third kappa shape index (κ3) is 5.24. The van der Waals surface area contributed by atoms with Crippen LogP contribution in [0.2, 0.25) is 5.02 Å². The first kappa shape index (κ1) is 14.7. The monoisotopic (exact) mass is 277 g/mol. The van der Waals surface area contributed by atoms with Crippen molar-refractivity contribution in [3.05, 3.63) is 34.6 Å². The van der Waals surface area contributed by atoms with Gasteiger partial charge < -0.3 is 5.32 Å². The third-order valence-corrected chi connectivity index (χ3v) is 3.18. The molecular weight excluding hydrogens is 260 g/mol. The summed E-state index contributed by atoms with van der Waals surface area (Å²) >= 11 is 11.6. The van der Waals surface area contributed by atoms with Gasteiger partial charge in [0.2, 0.25) is 0 Å². The van der Waals surface area contributed by atoms with E-state index in [0.29, 0.717) is 18.3 Å². The van der Waals surface area contributed by atoms with E-state index in [1.54, 1.807) is 12.1 Å². The predicted molar refractivity (Wildman–Crippen MR) is 72.2 cm³/mol. The average Bonchev–Trinajstić information content (AvgIpc) is 2.28. The van der Waals surface area contributed by atoms with Gasteiger partial charge in [0.1, 0.15) is 5.82 Å². The predicted octanol–water partition coefficient (Wildman–Crippen LogP) is 4.22. The van der Waals surface area contributed by atoms with Gasteiger partial charge in [-0.25, -0.2) is 4.39 Å². The van der Waals surface area contributed by atoms with Gasteiger partial charge in [-0.2, -0.15) is 0 Å². The molecular formula is C13H18Cl2FN. The van der Waals surface area contributed by atoms with E-state index in [0.717, 1.165) is 12.0 Å². The summed E-state index contributed by atoms with van der Waals surface area (Å²) < 4.78 is 13.0. The van der Waals surface area contributed by atoms with E-state index in [1.165, 1.54) is 6.07 Å². The van der Waals surface area contributed by atoms with E-state index < -0.39 is 0 Å². The van der Waals surface area contributed by atoms with E-state index in [2.05, 4.69) is 19.2 Å². The van der Waals surface area contributed by atoms with E-state index in [9.17, 15) is 4.39 Å². The van der Waals surface area contributed by atoms with Crippen LogP contribution in [-0.2, 0) is 6.54 Å². The largest absolute Gasteiger partial charge is 0.309 e. The molecule has 0 spiro atoms. The minimum atomic E-state index is -0.383. The molecule has 1 atom stereocenters. The Labute approximate surface area is 112 Å². The number of halogens is 3. The molecule has 0 saturated heterocycles. The van der Waals surface area contributed by atoms with Crippen molar-refractivity contribution in [2.24, 2.45) is 5.92 Å². The second-order valence-corrected chi connectivity index (χ2v) is 5.33. The topological polar surface area (TPSA) is 12.0 Å². The Hall–Kier alpha value is -0.310. The van der Waals surface area contributed by atoms with Gasteiger partial charge in [0.05, 0.1) is 5.02 Å². The molecule has 4 heteroatoms. The lowest BCUT2D eigenvalue weighted by molar-refractivity contribution is 0.445. The highest BCUT2D eigenvalue weighted by Crippen LogP contribution is 2.16. The zero-order valence-corrected chi connectivity index (χ0v) is 11.7. The van der Waals surface area contributed by atoms with Crippen molar-refractivity contribution in [1.29, 1.82) is 0 Å². The summed E-state index contributed by atoms with van der Waals surface area (Å²) in [5.74, 6) is 0.794. The molecule has 1 aromatic rings. The molecule has 0 amide bonds. The maximum absolute atomic E-state index is 13.0. The standard InChI is InChI=1S/C13H18Cl2FN/c1-9(2)5-11(7-14)17-8-10-3-4-13(16)12(15)6-10/h3-4,6,9,11,17H,5,7-8H2,1-2H3.